The smallest absolute Gasteiger partial charge is 0.254 e. The molecule has 0 aliphatic carbocycles. The molecule has 0 aliphatic heterocycles. The van der Waals surface area contributed by atoms with Gasteiger partial charge in [0.15, 0.2) is 0 Å². The van der Waals surface area contributed by atoms with Gasteiger partial charge in [0.05, 0.1) is 4.90 Å². The van der Waals surface area contributed by atoms with Crippen LogP contribution < -0.4 is 10.5 Å². The van der Waals surface area contributed by atoms with E-state index in [0.29, 0.717) is 0 Å². The zero-order valence-electron chi connectivity index (χ0n) is 15.7. The lowest BCUT2D eigenvalue weighted by atomic mass is 10.0. The molecular formula is C19H22FN3O4S. The highest BCUT2D eigenvalue weighted by Crippen LogP contribution is 2.22. The third-order valence-corrected chi connectivity index (χ3v) is 5.62. The number of sulfonamides is 1. The Kier molecular flexibility index (Phi) is 6.52. The van der Waals surface area contributed by atoms with Crippen molar-refractivity contribution < 1.29 is 22.4 Å². The summed E-state index contributed by atoms with van der Waals surface area (Å²) in [7, 11) is -2.32. The van der Waals surface area contributed by atoms with Crippen LogP contribution in [0.15, 0.2) is 53.4 Å². The Morgan fingerprint density at radius 2 is 1.71 bits per heavy atom. The molecule has 0 radical (unpaired) electrons. The average Bonchev–Trinajstić information content (AvgIpc) is 2.60. The summed E-state index contributed by atoms with van der Waals surface area (Å²) in [5.41, 5.74) is 5.82. The van der Waals surface area contributed by atoms with Crippen LogP contribution in [-0.4, -0.2) is 38.2 Å². The molecule has 9 heteroatoms. The van der Waals surface area contributed by atoms with Gasteiger partial charge >= 0.3 is 0 Å². The molecule has 28 heavy (non-hydrogen) atoms. The highest BCUT2D eigenvalue weighted by atomic mass is 32.2. The molecule has 7 nitrogen and oxygen atoms in total. The number of carbonyl (C=O) groups excluding carboxylic acids is 2. The van der Waals surface area contributed by atoms with Crippen molar-refractivity contribution in [3.05, 3.63) is 65.5 Å². The molecule has 0 saturated heterocycles. The Bertz CT molecular complexity index is 975. The Balaban J connectivity index is 2.30. The number of primary amides is 1. The summed E-state index contributed by atoms with van der Waals surface area (Å²) in [6, 6.07) is 9.10. The zero-order chi connectivity index (χ0) is 21.1. The zero-order valence-corrected chi connectivity index (χ0v) is 16.5. The molecule has 0 heterocycles. The summed E-state index contributed by atoms with van der Waals surface area (Å²) >= 11 is 0. The van der Waals surface area contributed by atoms with Crippen LogP contribution in [0.1, 0.15) is 35.8 Å². The topological polar surface area (TPSA) is 110 Å². The Morgan fingerprint density at radius 1 is 1.11 bits per heavy atom. The lowest BCUT2D eigenvalue weighted by Crippen LogP contribution is -2.39. The van der Waals surface area contributed by atoms with Crippen molar-refractivity contribution >= 4 is 21.8 Å². The first-order valence-electron chi connectivity index (χ1n) is 8.47. The summed E-state index contributed by atoms with van der Waals surface area (Å²) in [6.45, 7) is 3.39. The third kappa shape index (κ3) is 4.93. The van der Waals surface area contributed by atoms with E-state index < -0.39 is 33.7 Å². The van der Waals surface area contributed by atoms with Crippen molar-refractivity contribution in [2.45, 2.75) is 30.8 Å². The molecule has 150 valence electrons. The molecule has 0 saturated carbocycles. The summed E-state index contributed by atoms with van der Waals surface area (Å²) in [6.07, 6.45) is 0. The van der Waals surface area contributed by atoms with E-state index in [4.69, 9.17) is 5.73 Å². The molecule has 3 N–H and O–H groups in total. The lowest BCUT2D eigenvalue weighted by molar-refractivity contribution is -0.122. The SMILES string of the molecule is CC(C)NS(=O)(=O)c1ccc(C(=O)N(C)C(C(N)=O)c2cccc(F)c2)cc1. The van der Waals surface area contributed by atoms with E-state index >= 15 is 0 Å². The van der Waals surface area contributed by atoms with Gasteiger partial charge in [-0.1, -0.05) is 12.1 Å². The van der Waals surface area contributed by atoms with Crippen LogP contribution in [0.2, 0.25) is 0 Å². The Labute approximate surface area is 163 Å². The summed E-state index contributed by atoms with van der Waals surface area (Å²) in [5, 5.41) is 0. The van der Waals surface area contributed by atoms with E-state index in [2.05, 4.69) is 4.72 Å². The van der Waals surface area contributed by atoms with Crippen LogP contribution in [0.5, 0.6) is 0 Å². The molecule has 1 atom stereocenters. The van der Waals surface area contributed by atoms with Crippen molar-refractivity contribution in [3.8, 4) is 0 Å². The van der Waals surface area contributed by atoms with Gasteiger partial charge in [0.2, 0.25) is 15.9 Å². The van der Waals surface area contributed by atoms with Gasteiger partial charge in [-0.05, 0) is 55.8 Å². The number of nitrogens with zero attached hydrogens (tertiary/aromatic N) is 1. The second-order valence-corrected chi connectivity index (χ2v) is 8.29. The molecule has 0 fully saturated rings. The van der Waals surface area contributed by atoms with Gasteiger partial charge in [0, 0.05) is 18.7 Å². The lowest BCUT2D eigenvalue weighted by Gasteiger charge is -2.26. The number of amides is 2. The monoisotopic (exact) mass is 407 g/mol. The Hall–Kier alpha value is -2.78. The van der Waals surface area contributed by atoms with E-state index in [1.165, 1.54) is 49.5 Å². The normalized spacial score (nSPS) is 12.6. The summed E-state index contributed by atoms with van der Waals surface area (Å²) < 4.78 is 40.3. The van der Waals surface area contributed by atoms with Crippen molar-refractivity contribution in [3.63, 3.8) is 0 Å². The minimum absolute atomic E-state index is 0.0111. The van der Waals surface area contributed by atoms with E-state index in [1.54, 1.807) is 13.8 Å². The van der Waals surface area contributed by atoms with Crippen LogP contribution in [-0.2, 0) is 14.8 Å². The molecule has 2 aromatic rings. The van der Waals surface area contributed by atoms with Gasteiger partial charge < -0.3 is 10.6 Å². The molecular weight excluding hydrogens is 385 g/mol. The maximum Gasteiger partial charge on any atom is 0.254 e. The number of rotatable bonds is 7. The minimum Gasteiger partial charge on any atom is -0.368 e. The third-order valence-electron chi connectivity index (χ3n) is 3.94. The van der Waals surface area contributed by atoms with Crippen LogP contribution in [0.4, 0.5) is 4.39 Å². The standard InChI is InChI=1S/C19H22FN3O4S/c1-12(2)22-28(26,27)16-9-7-13(8-10-16)19(25)23(3)17(18(21)24)14-5-4-6-15(20)11-14/h4-12,17,22H,1-3H3,(H2,21,24). The first kappa shape index (κ1) is 21.5. The maximum atomic E-state index is 13.5. The fraction of sp³-hybridized carbons (Fsp3) is 0.263. The molecule has 0 aliphatic rings. The molecule has 0 bridgehead atoms. The van der Waals surface area contributed by atoms with Crippen LogP contribution in [0, 0.1) is 5.82 Å². The Morgan fingerprint density at radius 3 is 2.21 bits per heavy atom. The number of benzene rings is 2. The number of likely N-dealkylation sites (N-methyl/N-ethyl adjacent to an activating group) is 1. The van der Waals surface area contributed by atoms with Crippen LogP contribution in [0.25, 0.3) is 0 Å². The van der Waals surface area contributed by atoms with E-state index in [0.717, 1.165) is 11.0 Å². The molecule has 0 spiro atoms. The van der Waals surface area contributed by atoms with Gasteiger partial charge in [-0.2, -0.15) is 0 Å². The van der Waals surface area contributed by atoms with Gasteiger partial charge in [0.1, 0.15) is 11.9 Å². The van der Waals surface area contributed by atoms with Crippen molar-refractivity contribution in [2.75, 3.05) is 7.05 Å². The number of halogens is 1. The highest BCUT2D eigenvalue weighted by molar-refractivity contribution is 7.89. The van der Waals surface area contributed by atoms with Gasteiger partial charge in [-0.3, -0.25) is 9.59 Å². The number of carbonyl (C=O) groups is 2. The number of nitrogens with one attached hydrogen (secondary N) is 1. The molecule has 2 amide bonds. The number of hydrogen-bond acceptors (Lipinski definition) is 4. The molecule has 2 aromatic carbocycles. The summed E-state index contributed by atoms with van der Waals surface area (Å²) in [4.78, 5) is 25.7. The fourth-order valence-corrected chi connectivity index (χ4v) is 3.98. The van der Waals surface area contributed by atoms with E-state index in [1.807, 2.05) is 0 Å². The van der Waals surface area contributed by atoms with Gasteiger partial charge in [-0.25, -0.2) is 17.5 Å². The molecule has 2 rings (SSSR count). The fourth-order valence-electron chi connectivity index (χ4n) is 2.73. The predicted molar refractivity (Wildman–Crippen MR) is 102 cm³/mol. The second kappa shape index (κ2) is 8.49. The predicted octanol–water partition coefficient (Wildman–Crippen LogP) is 1.81. The first-order chi connectivity index (χ1) is 13.0. The minimum atomic E-state index is -3.69. The van der Waals surface area contributed by atoms with E-state index in [9.17, 15) is 22.4 Å². The van der Waals surface area contributed by atoms with Crippen LogP contribution in [0.3, 0.4) is 0 Å². The average molecular weight is 407 g/mol. The van der Waals surface area contributed by atoms with Crippen molar-refractivity contribution in [1.82, 2.24) is 9.62 Å². The number of nitrogens with two attached hydrogens (primary N) is 1. The highest BCUT2D eigenvalue weighted by Gasteiger charge is 2.28. The molecule has 0 aromatic heterocycles. The first-order valence-corrected chi connectivity index (χ1v) is 9.95. The maximum absolute atomic E-state index is 13.5. The second-order valence-electron chi connectivity index (χ2n) is 6.58. The van der Waals surface area contributed by atoms with Crippen molar-refractivity contribution in [2.24, 2.45) is 5.73 Å². The van der Waals surface area contributed by atoms with Gasteiger partial charge in [0.25, 0.3) is 5.91 Å². The van der Waals surface area contributed by atoms with Gasteiger partial charge in [-0.15, -0.1) is 0 Å². The largest absolute Gasteiger partial charge is 0.368 e. The van der Waals surface area contributed by atoms with E-state index in [-0.39, 0.29) is 22.1 Å². The van der Waals surface area contributed by atoms with Crippen molar-refractivity contribution in [1.29, 1.82) is 0 Å². The van der Waals surface area contributed by atoms with Crippen LogP contribution >= 0.6 is 0 Å². The number of hydrogen-bond donors (Lipinski definition) is 2. The summed E-state index contributed by atoms with van der Waals surface area (Å²) in [5.74, 6) is -1.94. The molecule has 1 unspecified atom stereocenters. The quantitative estimate of drug-likeness (QED) is 0.729.